The van der Waals surface area contributed by atoms with Crippen LogP contribution in [0.5, 0.6) is 17.2 Å². The summed E-state index contributed by atoms with van der Waals surface area (Å²) in [6.07, 6.45) is 0. The van der Waals surface area contributed by atoms with Gasteiger partial charge in [-0.2, -0.15) is 4.72 Å². The molecule has 0 aromatic heterocycles. The van der Waals surface area contributed by atoms with Crippen molar-refractivity contribution >= 4 is 15.9 Å². The Hall–Kier alpha value is -2.82. The predicted molar refractivity (Wildman–Crippen MR) is 124 cm³/mol. The van der Waals surface area contributed by atoms with Crippen molar-refractivity contribution < 1.29 is 27.4 Å². The monoisotopic (exact) mass is 477 g/mol. The van der Waals surface area contributed by atoms with Gasteiger partial charge in [0.2, 0.25) is 15.9 Å². The van der Waals surface area contributed by atoms with E-state index in [-0.39, 0.29) is 10.8 Å². The van der Waals surface area contributed by atoms with Crippen molar-refractivity contribution in [2.24, 2.45) is 0 Å². The summed E-state index contributed by atoms with van der Waals surface area (Å²) in [7, 11) is 0.946. The van der Waals surface area contributed by atoms with Gasteiger partial charge >= 0.3 is 0 Å². The average Bonchev–Trinajstić information content (AvgIpc) is 2.83. The number of hydrogen-bond donors (Lipinski definition) is 1. The molecule has 0 aliphatic carbocycles. The maximum absolute atomic E-state index is 12.9. The maximum Gasteiger partial charge on any atom is 0.241 e. The molecule has 1 aliphatic rings. The van der Waals surface area contributed by atoms with Crippen LogP contribution < -0.4 is 18.9 Å². The maximum atomic E-state index is 12.9. The van der Waals surface area contributed by atoms with Crippen molar-refractivity contribution in [1.29, 1.82) is 0 Å². The fourth-order valence-corrected chi connectivity index (χ4v) is 4.95. The lowest BCUT2D eigenvalue weighted by Crippen LogP contribution is -2.53. The number of rotatable bonds is 9. The second kappa shape index (κ2) is 10.9. The standard InChI is InChI=1S/C23H31N3O6S/c1-17(24-33(28,29)21-8-5-19(30-2)6-9-21)23(27)26-13-11-25(12-14-26)16-18-15-20(31-3)7-10-22(18)32-4/h5-10,15,17,24H,11-14,16H2,1-4H3/t17-/m0/s1. The van der Waals surface area contributed by atoms with E-state index in [0.29, 0.717) is 38.5 Å². The summed E-state index contributed by atoms with van der Waals surface area (Å²) in [5, 5.41) is 0. The zero-order chi connectivity index (χ0) is 24.0. The van der Waals surface area contributed by atoms with Crippen molar-refractivity contribution in [2.45, 2.75) is 24.4 Å². The lowest BCUT2D eigenvalue weighted by molar-refractivity contribution is -0.134. The van der Waals surface area contributed by atoms with Gasteiger partial charge in [-0.1, -0.05) is 0 Å². The molecule has 180 valence electrons. The van der Waals surface area contributed by atoms with Gasteiger partial charge in [-0.3, -0.25) is 9.69 Å². The van der Waals surface area contributed by atoms with E-state index >= 15 is 0 Å². The zero-order valence-corrected chi connectivity index (χ0v) is 20.2. The molecule has 33 heavy (non-hydrogen) atoms. The molecule has 1 heterocycles. The molecule has 1 saturated heterocycles. The molecular weight excluding hydrogens is 446 g/mol. The lowest BCUT2D eigenvalue weighted by Gasteiger charge is -2.36. The number of methoxy groups -OCH3 is 3. The Kier molecular flexibility index (Phi) is 8.17. The lowest BCUT2D eigenvalue weighted by atomic mass is 10.1. The number of carbonyl (C=O) groups excluding carboxylic acids is 1. The van der Waals surface area contributed by atoms with E-state index in [2.05, 4.69) is 9.62 Å². The first-order valence-electron chi connectivity index (χ1n) is 10.7. The summed E-state index contributed by atoms with van der Waals surface area (Å²) in [6.45, 7) is 4.60. The fourth-order valence-electron chi connectivity index (χ4n) is 3.75. The van der Waals surface area contributed by atoms with Crippen LogP contribution in [0.3, 0.4) is 0 Å². The Balaban J connectivity index is 1.56. The highest BCUT2D eigenvalue weighted by Crippen LogP contribution is 2.25. The number of hydrogen-bond acceptors (Lipinski definition) is 7. The highest BCUT2D eigenvalue weighted by atomic mass is 32.2. The molecule has 0 bridgehead atoms. The first-order chi connectivity index (χ1) is 15.8. The van der Waals surface area contributed by atoms with Crippen LogP contribution in [0.1, 0.15) is 12.5 Å². The molecule has 1 fully saturated rings. The molecule has 0 spiro atoms. The Morgan fingerprint density at radius 1 is 0.939 bits per heavy atom. The van der Waals surface area contributed by atoms with E-state index in [0.717, 1.165) is 17.1 Å². The van der Waals surface area contributed by atoms with Gasteiger partial charge in [-0.05, 0) is 49.4 Å². The molecule has 1 atom stereocenters. The molecule has 2 aromatic carbocycles. The van der Waals surface area contributed by atoms with Crippen molar-refractivity contribution in [1.82, 2.24) is 14.5 Å². The van der Waals surface area contributed by atoms with Crippen molar-refractivity contribution in [3.05, 3.63) is 48.0 Å². The van der Waals surface area contributed by atoms with Crippen LogP contribution in [-0.2, 0) is 21.4 Å². The Morgan fingerprint density at radius 3 is 2.12 bits per heavy atom. The largest absolute Gasteiger partial charge is 0.497 e. The van der Waals surface area contributed by atoms with E-state index in [1.165, 1.54) is 19.2 Å². The second-order valence-corrected chi connectivity index (χ2v) is 9.51. The van der Waals surface area contributed by atoms with Crippen LogP contribution >= 0.6 is 0 Å². The van der Waals surface area contributed by atoms with Crippen LogP contribution in [-0.4, -0.2) is 77.7 Å². The quantitative estimate of drug-likeness (QED) is 0.587. The number of amides is 1. The Labute approximate surface area is 195 Å². The molecule has 2 aromatic rings. The minimum absolute atomic E-state index is 0.0833. The molecule has 3 rings (SSSR count). The number of carbonyl (C=O) groups is 1. The minimum Gasteiger partial charge on any atom is -0.497 e. The van der Waals surface area contributed by atoms with Crippen LogP contribution in [0, 0.1) is 0 Å². The topological polar surface area (TPSA) is 97.4 Å². The van der Waals surface area contributed by atoms with E-state index in [4.69, 9.17) is 14.2 Å². The summed E-state index contributed by atoms with van der Waals surface area (Å²) in [5.41, 5.74) is 1.01. The van der Waals surface area contributed by atoms with E-state index in [9.17, 15) is 13.2 Å². The normalized spacial score (nSPS) is 15.7. The number of benzene rings is 2. The van der Waals surface area contributed by atoms with Gasteiger partial charge in [0.15, 0.2) is 0 Å². The number of nitrogens with one attached hydrogen (secondary N) is 1. The van der Waals surface area contributed by atoms with Crippen molar-refractivity contribution in [3.8, 4) is 17.2 Å². The molecule has 0 unspecified atom stereocenters. The fraction of sp³-hybridized carbons (Fsp3) is 0.435. The molecule has 1 N–H and O–H groups in total. The SMILES string of the molecule is COc1ccc(S(=O)(=O)N[C@@H](C)C(=O)N2CCN(Cc3cc(OC)ccc3OC)CC2)cc1. The third-order valence-corrected chi connectivity index (χ3v) is 7.19. The number of piperazine rings is 1. The summed E-state index contributed by atoms with van der Waals surface area (Å²) in [6, 6.07) is 10.8. The van der Waals surface area contributed by atoms with Gasteiger partial charge in [-0.25, -0.2) is 8.42 Å². The van der Waals surface area contributed by atoms with Crippen LogP contribution in [0.2, 0.25) is 0 Å². The van der Waals surface area contributed by atoms with Crippen molar-refractivity contribution in [2.75, 3.05) is 47.5 Å². The molecule has 0 saturated carbocycles. The van der Waals surface area contributed by atoms with E-state index in [1.807, 2.05) is 18.2 Å². The Bertz CT molecular complexity index is 1050. The van der Waals surface area contributed by atoms with Gasteiger partial charge in [0.05, 0.1) is 32.3 Å². The third-order valence-electron chi connectivity index (χ3n) is 5.64. The van der Waals surface area contributed by atoms with E-state index < -0.39 is 16.1 Å². The molecule has 1 aliphatic heterocycles. The van der Waals surface area contributed by atoms with Crippen LogP contribution in [0.25, 0.3) is 0 Å². The summed E-state index contributed by atoms with van der Waals surface area (Å²) < 4.78 is 43.6. The second-order valence-electron chi connectivity index (χ2n) is 7.80. The third kappa shape index (κ3) is 6.16. The van der Waals surface area contributed by atoms with Crippen LogP contribution in [0.4, 0.5) is 0 Å². The van der Waals surface area contributed by atoms with Crippen molar-refractivity contribution in [3.63, 3.8) is 0 Å². The number of nitrogens with zero attached hydrogens (tertiary/aromatic N) is 2. The molecule has 10 heteroatoms. The van der Waals surface area contributed by atoms with E-state index in [1.54, 1.807) is 38.2 Å². The van der Waals surface area contributed by atoms with Gasteiger partial charge in [0.1, 0.15) is 17.2 Å². The molecular formula is C23H31N3O6S. The van der Waals surface area contributed by atoms with Gasteiger partial charge < -0.3 is 19.1 Å². The highest BCUT2D eigenvalue weighted by Gasteiger charge is 2.28. The van der Waals surface area contributed by atoms with Gasteiger partial charge in [-0.15, -0.1) is 0 Å². The summed E-state index contributed by atoms with van der Waals surface area (Å²) in [5.74, 6) is 1.86. The number of ether oxygens (including phenoxy) is 3. The molecule has 1 amide bonds. The van der Waals surface area contributed by atoms with Gasteiger partial charge in [0, 0.05) is 38.3 Å². The number of sulfonamides is 1. The Morgan fingerprint density at radius 2 is 1.55 bits per heavy atom. The minimum atomic E-state index is -3.82. The van der Waals surface area contributed by atoms with Gasteiger partial charge in [0.25, 0.3) is 0 Å². The molecule has 9 nitrogen and oxygen atoms in total. The van der Waals surface area contributed by atoms with Crippen LogP contribution in [0.15, 0.2) is 47.4 Å². The summed E-state index contributed by atoms with van der Waals surface area (Å²) >= 11 is 0. The zero-order valence-electron chi connectivity index (χ0n) is 19.4. The predicted octanol–water partition coefficient (Wildman–Crippen LogP) is 1.72. The first kappa shape index (κ1) is 24.8. The first-order valence-corrected chi connectivity index (χ1v) is 12.1. The summed E-state index contributed by atoms with van der Waals surface area (Å²) in [4.78, 5) is 16.9. The smallest absolute Gasteiger partial charge is 0.241 e. The highest BCUT2D eigenvalue weighted by molar-refractivity contribution is 7.89. The molecule has 0 radical (unpaired) electrons. The average molecular weight is 478 g/mol.